The lowest BCUT2D eigenvalue weighted by molar-refractivity contribution is -0.116. The van der Waals surface area contributed by atoms with Crippen molar-refractivity contribution in [3.05, 3.63) is 83.9 Å². The minimum atomic E-state index is -0.428. The fourth-order valence-corrected chi connectivity index (χ4v) is 3.45. The van der Waals surface area contributed by atoms with Crippen molar-refractivity contribution in [3.8, 4) is 0 Å². The normalized spacial score (nSPS) is 13.4. The van der Waals surface area contributed by atoms with E-state index >= 15 is 0 Å². The van der Waals surface area contributed by atoms with Crippen LogP contribution in [0.25, 0.3) is 12.2 Å². The molecule has 2 atom stereocenters. The minimum absolute atomic E-state index is 0.0196. The van der Waals surface area contributed by atoms with Gasteiger partial charge in [-0.05, 0) is 36.1 Å². The fraction of sp³-hybridized carbons (Fsp3) is 0.357. The zero-order valence-corrected chi connectivity index (χ0v) is 18.9. The molecule has 170 valence electrons. The number of nitrogens with two attached hydrogens (primary N) is 2. The van der Waals surface area contributed by atoms with Crippen molar-refractivity contribution in [1.82, 2.24) is 0 Å². The maximum absolute atomic E-state index is 12.1. The molecule has 0 spiro atoms. The average Bonchev–Trinajstić information content (AvgIpc) is 2.83. The van der Waals surface area contributed by atoms with Crippen molar-refractivity contribution < 1.29 is 9.59 Å². The van der Waals surface area contributed by atoms with Gasteiger partial charge < -0.3 is 11.5 Å². The molecular weight excluding hydrogens is 396 g/mol. The molecule has 0 aliphatic heterocycles. The zero-order chi connectivity index (χ0) is 23.0. The third kappa shape index (κ3) is 10.5. The molecule has 0 saturated heterocycles. The molecule has 0 heterocycles. The molecule has 2 aromatic rings. The van der Waals surface area contributed by atoms with Gasteiger partial charge in [0.2, 0.25) is 0 Å². The highest BCUT2D eigenvalue weighted by Gasteiger charge is 2.11. The number of hydrogen-bond acceptors (Lipinski definition) is 4. The molecule has 4 nitrogen and oxygen atoms in total. The first-order valence-corrected chi connectivity index (χ1v) is 11.6. The summed E-state index contributed by atoms with van der Waals surface area (Å²) in [6.07, 6.45) is 14.5. The van der Waals surface area contributed by atoms with Gasteiger partial charge in [0.15, 0.2) is 11.6 Å². The largest absolute Gasteiger partial charge is 0.321 e. The van der Waals surface area contributed by atoms with Gasteiger partial charge in [-0.3, -0.25) is 9.59 Å². The fourth-order valence-electron chi connectivity index (χ4n) is 3.45. The van der Waals surface area contributed by atoms with Gasteiger partial charge in [0.05, 0.1) is 12.1 Å². The Kier molecular flexibility index (Phi) is 12.0. The highest BCUT2D eigenvalue weighted by molar-refractivity contribution is 5.97. The molecule has 0 saturated carbocycles. The molecule has 2 rings (SSSR count). The maximum Gasteiger partial charge on any atom is 0.172 e. The third-order valence-corrected chi connectivity index (χ3v) is 5.49. The van der Waals surface area contributed by atoms with Crippen LogP contribution < -0.4 is 11.5 Å². The first-order valence-electron chi connectivity index (χ1n) is 11.6. The number of hydrogen-bond donors (Lipinski definition) is 2. The van der Waals surface area contributed by atoms with Gasteiger partial charge in [0.1, 0.15) is 0 Å². The minimum Gasteiger partial charge on any atom is -0.321 e. The smallest absolute Gasteiger partial charge is 0.172 e. The Hall–Kier alpha value is -2.82. The van der Waals surface area contributed by atoms with E-state index in [1.807, 2.05) is 72.8 Å². The van der Waals surface area contributed by atoms with Crippen LogP contribution in [0, 0.1) is 0 Å². The van der Waals surface area contributed by atoms with Crippen LogP contribution in [0.1, 0.15) is 62.5 Å². The van der Waals surface area contributed by atoms with E-state index in [2.05, 4.69) is 0 Å². The quantitative estimate of drug-likeness (QED) is 0.294. The zero-order valence-electron chi connectivity index (χ0n) is 18.9. The number of benzene rings is 2. The third-order valence-electron chi connectivity index (χ3n) is 5.49. The predicted molar refractivity (Wildman–Crippen MR) is 134 cm³/mol. The van der Waals surface area contributed by atoms with Gasteiger partial charge >= 0.3 is 0 Å². The Morgan fingerprint density at radius 1 is 0.594 bits per heavy atom. The molecule has 0 radical (unpaired) electrons. The van der Waals surface area contributed by atoms with Crippen molar-refractivity contribution >= 4 is 23.7 Å². The Bertz CT molecular complexity index is 786. The lowest BCUT2D eigenvalue weighted by Gasteiger charge is -2.09. The van der Waals surface area contributed by atoms with E-state index in [4.69, 9.17) is 11.5 Å². The van der Waals surface area contributed by atoms with Gasteiger partial charge in [0, 0.05) is 0 Å². The molecule has 0 aromatic heterocycles. The van der Waals surface area contributed by atoms with Crippen molar-refractivity contribution in [3.63, 3.8) is 0 Å². The van der Waals surface area contributed by atoms with Gasteiger partial charge in [0.25, 0.3) is 0 Å². The van der Waals surface area contributed by atoms with Gasteiger partial charge in [-0.15, -0.1) is 0 Å². The molecular formula is C28H36N2O2. The van der Waals surface area contributed by atoms with E-state index < -0.39 is 12.1 Å². The summed E-state index contributed by atoms with van der Waals surface area (Å²) in [4.78, 5) is 24.2. The lowest BCUT2D eigenvalue weighted by Crippen LogP contribution is -2.28. The average molecular weight is 433 g/mol. The van der Waals surface area contributed by atoms with Crippen LogP contribution in [-0.2, 0) is 9.59 Å². The van der Waals surface area contributed by atoms with Crippen molar-refractivity contribution in [2.24, 2.45) is 11.5 Å². The van der Waals surface area contributed by atoms with Crippen LogP contribution in [0.4, 0.5) is 0 Å². The molecule has 0 bridgehead atoms. The van der Waals surface area contributed by atoms with E-state index in [1.165, 1.54) is 0 Å². The van der Waals surface area contributed by atoms with Crippen LogP contribution in [0.5, 0.6) is 0 Å². The monoisotopic (exact) mass is 432 g/mol. The molecule has 2 aromatic carbocycles. The number of carbonyl (C=O) groups is 2. The molecule has 4 N–H and O–H groups in total. The highest BCUT2D eigenvalue weighted by atomic mass is 16.1. The lowest BCUT2D eigenvalue weighted by atomic mass is 10.0. The van der Waals surface area contributed by atoms with E-state index in [0.29, 0.717) is 12.8 Å². The predicted octanol–water partition coefficient (Wildman–Crippen LogP) is 5.33. The van der Waals surface area contributed by atoms with Crippen LogP contribution in [0.2, 0.25) is 0 Å². The molecule has 4 heteroatoms. The molecule has 32 heavy (non-hydrogen) atoms. The van der Waals surface area contributed by atoms with Crippen LogP contribution in [-0.4, -0.2) is 23.7 Å². The van der Waals surface area contributed by atoms with Gasteiger partial charge in [-0.25, -0.2) is 0 Å². The van der Waals surface area contributed by atoms with E-state index in [9.17, 15) is 9.59 Å². The topological polar surface area (TPSA) is 86.2 Å². The molecule has 0 fully saturated rings. The second-order valence-electron chi connectivity index (χ2n) is 8.20. The molecule has 0 amide bonds. The van der Waals surface area contributed by atoms with Crippen LogP contribution in [0.3, 0.4) is 0 Å². The molecule has 0 aliphatic rings. The summed E-state index contributed by atoms with van der Waals surface area (Å²) in [6.45, 7) is 0. The summed E-state index contributed by atoms with van der Waals surface area (Å²) >= 11 is 0. The summed E-state index contributed by atoms with van der Waals surface area (Å²) in [5, 5.41) is 0. The van der Waals surface area contributed by atoms with Crippen molar-refractivity contribution in [2.75, 3.05) is 0 Å². The Morgan fingerprint density at radius 3 is 1.31 bits per heavy atom. The van der Waals surface area contributed by atoms with Crippen molar-refractivity contribution in [1.29, 1.82) is 0 Å². The number of rotatable bonds is 15. The summed E-state index contributed by atoms with van der Waals surface area (Å²) in [5.41, 5.74) is 14.0. The summed E-state index contributed by atoms with van der Waals surface area (Å²) < 4.78 is 0. The number of carbonyl (C=O) groups excluding carboxylic acids is 2. The first-order chi connectivity index (χ1) is 15.6. The summed E-state index contributed by atoms with van der Waals surface area (Å²) in [7, 11) is 0. The van der Waals surface area contributed by atoms with E-state index in [1.54, 1.807) is 12.2 Å². The molecule has 0 aliphatic carbocycles. The number of ketones is 2. The Labute approximate surface area is 192 Å². The summed E-state index contributed by atoms with van der Waals surface area (Å²) in [5.74, 6) is -0.0392. The summed E-state index contributed by atoms with van der Waals surface area (Å²) in [6, 6.07) is 18.6. The SMILES string of the molecule is NC(CCCCCCCCC(N)C(=O)/C=C/c1ccccc1)C(=O)/C=C/c1ccccc1. The second kappa shape index (κ2) is 15.1. The second-order valence-corrected chi connectivity index (χ2v) is 8.20. The number of unbranched alkanes of at least 4 members (excludes halogenated alkanes) is 5. The first kappa shape index (κ1) is 25.4. The standard InChI is InChI=1S/C28H36N2O2/c29-25(27(31)21-19-23-13-7-5-8-14-23)17-11-3-1-2-4-12-18-26(30)28(32)22-20-24-15-9-6-10-16-24/h5-10,13-16,19-22,25-26H,1-4,11-12,17-18,29-30H2/b21-19+,22-20+. The maximum atomic E-state index is 12.1. The van der Waals surface area contributed by atoms with Gasteiger partial charge in [-0.2, -0.15) is 0 Å². The van der Waals surface area contributed by atoms with Crippen LogP contribution in [0.15, 0.2) is 72.8 Å². The van der Waals surface area contributed by atoms with E-state index in [-0.39, 0.29) is 11.6 Å². The van der Waals surface area contributed by atoms with Crippen LogP contribution >= 0.6 is 0 Å². The van der Waals surface area contributed by atoms with Crippen molar-refractivity contribution in [2.45, 2.75) is 63.5 Å². The highest BCUT2D eigenvalue weighted by Crippen LogP contribution is 2.12. The van der Waals surface area contributed by atoms with Gasteiger partial charge in [-0.1, -0.05) is 111 Å². The Morgan fingerprint density at radius 2 is 0.938 bits per heavy atom. The van der Waals surface area contributed by atoms with E-state index in [0.717, 1.165) is 49.7 Å². The Balaban J connectivity index is 1.50. The molecule has 2 unspecified atom stereocenters.